The van der Waals surface area contributed by atoms with Crippen LogP contribution in [-0.4, -0.2) is 50.2 Å². The zero-order valence-corrected chi connectivity index (χ0v) is 18.7. The predicted molar refractivity (Wildman–Crippen MR) is 116 cm³/mol. The molecule has 0 N–H and O–H groups in total. The molecule has 0 aliphatic carbocycles. The lowest BCUT2D eigenvalue weighted by Crippen LogP contribution is -2.40. The molecule has 0 unspecified atom stereocenters. The van der Waals surface area contributed by atoms with Gasteiger partial charge in [0.25, 0.3) is 0 Å². The standard InChI is InChI=1S/C24H46N2/c1-7-9-11-13-19-25(3,4)21-23-15-17-24(18-16-23)22-26(5,6)20-14-12-10-8-2/h15-18H,7-14,19-22H2,1-6H3/q+2. The fraction of sp³-hybridized carbons (Fsp3) is 0.750. The highest BCUT2D eigenvalue weighted by Crippen LogP contribution is 2.16. The molecule has 0 heterocycles. The molecule has 0 aliphatic heterocycles. The molecular weight excluding hydrogens is 316 g/mol. The van der Waals surface area contributed by atoms with E-state index in [4.69, 9.17) is 0 Å². The van der Waals surface area contributed by atoms with Crippen LogP contribution in [0.4, 0.5) is 0 Å². The largest absolute Gasteiger partial charge is 0.325 e. The third-order valence-corrected chi connectivity index (χ3v) is 5.48. The maximum absolute atomic E-state index is 2.37. The van der Waals surface area contributed by atoms with Crippen LogP contribution in [0, 0.1) is 0 Å². The molecule has 1 aromatic rings. The molecule has 0 aromatic heterocycles. The summed E-state index contributed by atoms with van der Waals surface area (Å²) in [5.41, 5.74) is 2.95. The molecule has 1 rings (SSSR count). The summed E-state index contributed by atoms with van der Waals surface area (Å²) in [5, 5.41) is 0. The van der Waals surface area contributed by atoms with Crippen LogP contribution in [0.2, 0.25) is 0 Å². The monoisotopic (exact) mass is 362 g/mol. The van der Waals surface area contributed by atoms with E-state index in [0.717, 1.165) is 22.1 Å². The molecule has 1 aromatic carbocycles. The Kier molecular flexibility index (Phi) is 10.5. The molecule has 0 amide bonds. The smallest absolute Gasteiger partial charge is 0.104 e. The van der Waals surface area contributed by atoms with E-state index in [0.29, 0.717) is 0 Å². The third kappa shape index (κ3) is 10.3. The fourth-order valence-electron chi connectivity index (χ4n) is 3.83. The number of hydrogen-bond acceptors (Lipinski definition) is 0. The van der Waals surface area contributed by atoms with Crippen LogP contribution in [-0.2, 0) is 13.1 Å². The zero-order valence-electron chi connectivity index (χ0n) is 18.7. The first kappa shape index (κ1) is 23.2. The molecule has 2 nitrogen and oxygen atoms in total. The molecule has 0 atom stereocenters. The SMILES string of the molecule is CCCCCC[N+](C)(C)Cc1ccc(C[N+](C)(C)CCCCCC)cc1. The van der Waals surface area contributed by atoms with Gasteiger partial charge in [-0.2, -0.15) is 0 Å². The highest BCUT2D eigenvalue weighted by molar-refractivity contribution is 5.21. The Morgan fingerprint density at radius 2 is 0.885 bits per heavy atom. The van der Waals surface area contributed by atoms with Gasteiger partial charge < -0.3 is 8.97 Å². The lowest BCUT2D eigenvalue weighted by Gasteiger charge is -2.31. The van der Waals surface area contributed by atoms with Crippen molar-refractivity contribution < 1.29 is 8.97 Å². The summed E-state index contributed by atoms with van der Waals surface area (Å²) in [6.45, 7) is 9.41. The first-order chi connectivity index (χ1) is 12.3. The fourth-order valence-corrected chi connectivity index (χ4v) is 3.83. The van der Waals surface area contributed by atoms with Crippen molar-refractivity contribution in [1.82, 2.24) is 0 Å². The van der Waals surface area contributed by atoms with Gasteiger partial charge in [-0.1, -0.05) is 63.8 Å². The second-order valence-electron chi connectivity index (χ2n) is 9.57. The first-order valence-electron chi connectivity index (χ1n) is 11.0. The minimum atomic E-state index is 1.10. The maximum atomic E-state index is 2.37. The van der Waals surface area contributed by atoms with E-state index in [1.165, 1.54) is 75.6 Å². The second kappa shape index (κ2) is 11.8. The third-order valence-electron chi connectivity index (χ3n) is 5.48. The summed E-state index contributed by atoms with van der Waals surface area (Å²) in [6, 6.07) is 9.44. The molecule has 0 radical (unpaired) electrons. The number of quaternary nitrogens is 2. The van der Waals surface area contributed by atoms with Gasteiger partial charge in [-0.3, -0.25) is 0 Å². The van der Waals surface area contributed by atoms with Gasteiger partial charge >= 0.3 is 0 Å². The van der Waals surface area contributed by atoms with Crippen molar-refractivity contribution in [2.24, 2.45) is 0 Å². The average Bonchev–Trinajstić information content (AvgIpc) is 2.57. The van der Waals surface area contributed by atoms with E-state index in [9.17, 15) is 0 Å². The Morgan fingerprint density at radius 1 is 0.538 bits per heavy atom. The minimum absolute atomic E-state index is 1.10. The highest BCUT2D eigenvalue weighted by Gasteiger charge is 2.17. The van der Waals surface area contributed by atoms with Crippen molar-refractivity contribution in [1.29, 1.82) is 0 Å². The Morgan fingerprint density at radius 3 is 1.19 bits per heavy atom. The summed E-state index contributed by atoms with van der Waals surface area (Å²) in [5.74, 6) is 0. The van der Waals surface area contributed by atoms with Gasteiger partial charge in [-0.15, -0.1) is 0 Å². The normalized spacial score (nSPS) is 12.5. The van der Waals surface area contributed by atoms with Crippen LogP contribution in [0.5, 0.6) is 0 Å². The summed E-state index contributed by atoms with van der Waals surface area (Å²) < 4.78 is 2.20. The molecule has 0 aliphatic rings. The zero-order chi connectivity index (χ0) is 19.5. The quantitative estimate of drug-likeness (QED) is 0.281. The summed E-state index contributed by atoms with van der Waals surface area (Å²) in [4.78, 5) is 0. The molecule has 0 spiro atoms. The molecular formula is C24H46N2+2. The first-order valence-corrected chi connectivity index (χ1v) is 11.0. The molecule has 0 fully saturated rings. The van der Waals surface area contributed by atoms with E-state index in [-0.39, 0.29) is 0 Å². The number of unbranched alkanes of at least 4 members (excludes halogenated alkanes) is 6. The van der Waals surface area contributed by atoms with Crippen LogP contribution in [0.25, 0.3) is 0 Å². The summed E-state index contributed by atoms with van der Waals surface area (Å²) in [7, 11) is 9.48. The number of nitrogens with zero attached hydrogens (tertiary/aromatic N) is 2. The average molecular weight is 363 g/mol. The Balaban J connectivity index is 2.46. The van der Waals surface area contributed by atoms with Gasteiger partial charge in [0.2, 0.25) is 0 Å². The van der Waals surface area contributed by atoms with Crippen LogP contribution in [0.3, 0.4) is 0 Å². The minimum Gasteiger partial charge on any atom is -0.325 e. The molecule has 150 valence electrons. The summed E-state index contributed by atoms with van der Waals surface area (Å²) in [6.07, 6.45) is 10.9. The molecule has 0 saturated carbocycles. The number of rotatable bonds is 14. The van der Waals surface area contributed by atoms with Crippen molar-refractivity contribution in [2.45, 2.75) is 78.3 Å². The number of benzene rings is 1. The Hall–Kier alpha value is -0.860. The highest BCUT2D eigenvalue weighted by atomic mass is 15.3. The lowest BCUT2D eigenvalue weighted by molar-refractivity contribution is -0.904. The lowest BCUT2D eigenvalue weighted by atomic mass is 10.1. The molecule has 0 bridgehead atoms. The van der Waals surface area contributed by atoms with E-state index in [1.807, 2.05) is 0 Å². The summed E-state index contributed by atoms with van der Waals surface area (Å²) >= 11 is 0. The van der Waals surface area contributed by atoms with Gasteiger partial charge in [0, 0.05) is 11.1 Å². The Labute approximate surface area is 164 Å². The van der Waals surface area contributed by atoms with Crippen LogP contribution >= 0.6 is 0 Å². The van der Waals surface area contributed by atoms with E-state index in [2.05, 4.69) is 66.3 Å². The predicted octanol–water partition coefficient (Wildman–Crippen LogP) is 6.00. The van der Waals surface area contributed by atoms with Gasteiger partial charge in [0.1, 0.15) is 13.1 Å². The topological polar surface area (TPSA) is 0 Å². The molecule has 2 heteroatoms. The second-order valence-corrected chi connectivity index (χ2v) is 9.57. The molecule has 26 heavy (non-hydrogen) atoms. The van der Waals surface area contributed by atoms with Crippen molar-refractivity contribution in [3.05, 3.63) is 35.4 Å². The van der Waals surface area contributed by atoms with Crippen LogP contribution in [0.15, 0.2) is 24.3 Å². The van der Waals surface area contributed by atoms with Gasteiger partial charge in [-0.05, 0) is 25.7 Å². The van der Waals surface area contributed by atoms with Crippen molar-refractivity contribution in [3.8, 4) is 0 Å². The van der Waals surface area contributed by atoms with Gasteiger partial charge in [0.05, 0.1) is 41.3 Å². The van der Waals surface area contributed by atoms with Crippen molar-refractivity contribution in [2.75, 3.05) is 41.3 Å². The van der Waals surface area contributed by atoms with E-state index < -0.39 is 0 Å². The molecule has 0 saturated heterocycles. The van der Waals surface area contributed by atoms with E-state index in [1.54, 1.807) is 0 Å². The van der Waals surface area contributed by atoms with Crippen LogP contribution < -0.4 is 0 Å². The Bertz CT molecular complexity index is 428. The van der Waals surface area contributed by atoms with Gasteiger partial charge in [-0.25, -0.2) is 0 Å². The van der Waals surface area contributed by atoms with Crippen molar-refractivity contribution >= 4 is 0 Å². The van der Waals surface area contributed by atoms with E-state index >= 15 is 0 Å². The maximum Gasteiger partial charge on any atom is 0.104 e. The number of hydrogen-bond donors (Lipinski definition) is 0. The van der Waals surface area contributed by atoms with Gasteiger partial charge in [0.15, 0.2) is 0 Å². The van der Waals surface area contributed by atoms with Crippen molar-refractivity contribution in [3.63, 3.8) is 0 Å². The van der Waals surface area contributed by atoms with Crippen LogP contribution in [0.1, 0.15) is 76.3 Å².